The Morgan fingerprint density at radius 2 is 2.22 bits per heavy atom. The number of hydrogen-bond acceptors (Lipinski definition) is 4. The van der Waals surface area contributed by atoms with E-state index in [0.29, 0.717) is 22.2 Å². The zero-order valence-corrected chi connectivity index (χ0v) is 10.5. The molecule has 94 valence electrons. The van der Waals surface area contributed by atoms with Gasteiger partial charge in [0.25, 0.3) is 0 Å². The normalized spacial score (nSPS) is 10.4. The zero-order valence-electron chi connectivity index (χ0n) is 9.72. The molecule has 0 amide bonds. The predicted octanol–water partition coefficient (Wildman–Crippen LogP) is 1.94. The predicted molar refractivity (Wildman–Crippen MR) is 64.6 cm³/mol. The minimum absolute atomic E-state index is 0.0797. The molecule has 1 aromatic carbocycles. The smallest absolute Gasteiger partial charge is 0.358 e. The van der Waals surface area contributed by atoms with Crippen LogP contribution in [-0.4, -0.2) is 33.2 Å². The van der Waals surface area contributed by atoms with Crippen molar-refractivity contribution < 1.29 is 14.6 Å². The quantitative estimate of drug-likeness (QED) is 0.919. The van der Waals surface area contributed by atoms with Crippen LogP contribution in [0.4, 0.5) is 0 Å². The third-order valence-electron chi connectivity index (χ3n) is 2.48. The van der Waals surface area contributed by atoms with E-state index in [1.165, 1.54) is 11.8 Å². The van der Waals surface area contributed by atoms with Crippen LogP contribution in [0.1, 0.15) is 16.2 Å². The number of rotatable bonds is 3. The number of carboxylic acids is 1. The molecule has 1 heterocycles. The Kier molecular flexibility index (Phi) is 3.20. The highest BCUT2D eigenvalue weighted by molar-refractivity contribution is 6.32. The summed E-state index contributed by atoms with van der Waals surface area (Å²) in [6.07, 6.45) is 0. The van der Waals surface area contributed by atoms with Gasteiger partial charge in [0, 0.05) is 6.07 Å². The van der Waals surface area contributed by atoms with Crippen LogP contribution in [0.25, 0.3) is 5.69 Å². The molecule has 6 nitrogen and oxygen atoms in total. The molecule has 0 unspecified atom stereocenters. The molecule has 1 N–H and O–H groups in total. The Morgan fingerprint density at radius 1 is 1.50 bits per heavy atom. The number of nitrogens with zero attached hydrogens (tertiary/aromatic N) is 3. The SMILES string of the molecule is COc1cc(-n2nnc(C(=O)O)c2C)ccc1Cl. The highest BCUT2D eigenvalue weighted by atomic mass is 35.5. The summed E-state index contributed by atoms with van der Waals surface area (Å²) in [6, 6.07) is 5.02. The van der Waals surface area contributed by atoms with Crippen LogP contribution in [0.5, 0.6) is 5.75 Å². The van der Waals surface area contributed by atoms with Gasteiger partial charge in [-0.2, -0.15) is 0 Å². The highest BCUT2D eigenvalue weighted by Gasteiger charge is 2.16. The largest absolute Gasteiger partial charge is 0.495 e. The van der Waals surface area contributed by atoms with E-state index >= 15 is 0 Å². The Balaban J connectivity index is 2.52. The van der Waals surface area contributed by atoms with E-state index in [0.717, 1.165) is 0 Å². The zero-order chi connectivity index (χ0) is 13.3. The van der Waals surface area contributed by atoms with E-state index in [-0.39, 0.29) is 5.69 Å². The first kappa shape index (κ1) is 12.4. The second-order valence-corrected chi connectivity index (χ2v) is 3.97. The van der Waals surface area contributed by atoms with Crippen LogP contribution in [0.2, 0.25) is 5.02 Å². The molecule has 0 aliphatic carbocycles. The maximum atomic E-state index is 10.9. The number of halogens is 1. The summed E-state index contributed by atoms with van der Waals surface area (Å²) in [6.45, 7) is 1.63. The molecule has 0 bridgehead atoms. The summed E-state index contributed by atoms with van der Waals surface area (Å²) in [4.78, 5) is 10.9. The summed E-state index contributed by atoms with van der Waals surface area (Å²) in [5.41, 5.74) is 0.990. The summed E-state index contributed by atoms with van der Waals surface area (Å²) >= 11 is 5.91. The van der Waals surface area contributed by atoms with Crippen LogP contribution in [0.15, 0.2) is 18.2 Å². The number of ether oxygens (including phenoxy) is 1. The fraction of sp³-hybridized carbons (Fsp3) is 0.182. The first-order valence-electron chi connectivity index (χ1n) is 5.04. The average Bonchev–Trinajstić information content (AvgIpc) is 2.72. The Hall–Kier alpha value is -2.08. The summed E-state index contributed by atoms with van der Waals surface area (Å²) in [5.74, 6) is -0.624. The third kappa shape index (κ3) is 2.02. The number of benzene rings is 1. The molecule has 0 saturated heterocycles. The lowest BCUT2D eigenvalue weighted by molar-refractivity contribution is 0.0689. The molecule has 0 aliphatic rings. The molecule has 2 rings (SSSR count). The van der Waals surface area contributed by atoms with Crippen molar-refractivity contribution in [3.63, 3.8) is 0 Å². The van der Waals surface area contributed by atoms with Gasteiger partial charge in [0.05, 0.1) is 23.5 Å². The van der Waals surface area contributed by atoms with E-state index in [1.807, 2.05) is 0 Å². The van der Waals surface area contributed by atoms with Gasteiger partial charge >= 0.3 is 5.97 Å². The van der Waals surface area contributed by atoms with Gasteiger partial charge in [-0.15, -0.1) is 5.10 Å². The summed E-state index contributed by atoms with van der Waals surface area (Å²) in [5, 5.41) is 16.8. The molecular formula is C11H10ClN3O3. The maximum absolute atomic E-state index is 10.9. The van der Waals surface area contributed by atoms with Crippen LogP contribution in [0.3, 0.4) is 0 Å². The van der Waals surface area contributed by atoms with Crippen LogP contribution in [-0.2, 0) is 0 Å². The van der Waals surface area contributed by atoms with Crippen LogP contribution in [0, 0.1) is 6.92 Å². The molecule has 0 saturated carbocycles. The van der Waals surface area contributed by atoms with Gasteiger partial charge in [0.1, 0.15) is 5.75 Å². The Labute approximate surface area is 108 Å². The van der Waals surface area contributed by atoms with E-state index in [2.05, 4.69) is 10.3 Å². The van der Waals surface area contributed by atoms with Gasteiger partial charge in [-0.05, 0) is 19.1 Å². The summed E-state index contributed by atoms with van der Waals surface area (Å²) < 4.78 is 6.51. The molecule has 18 heavy (non-hydrogen) atoms. The van der Waals surface area contributed by atoms with Gasteiger partial charge in [-0.3, -0.25) is 0 Å². The van der Waals surface area contributed by atoms with Crippen molar-refractivity contribution in [2.24, 2.45) is 0 Å². The highest BCUT2D eigenvalue weighted by Crippen LogP contribution is 2.27. The van der Waals surface area contributed by atoms with E-state index < -0.39 is 5.97 Å². The van der Waals surface area contributed by atoms with Gasteiger partial charge in [-0.1, -0.05) is 16.8 Å². The molecule has 1 aromatic heterocycles. The van der Waals surface area contributed by atoms with E-state index in [9.17, 15) is 4.79 Å². The average molecular weight is 268 g/mol. The third-order valence-corrected chi connectivity index (χ3v) is 2.79. The van der Waals surface area contributed by atoms with Gasteiger partial charge in [0.15, 0.2) is 5.69 Å². The minimum atomic E-state index is -1.11. The Morgan fingerprint density at radius 3 is 2.78 bits per heavy atom. The molecule has 7 heteroatoms. The fourth-order valence-corrected chi connectivity index (χ4v) is 1.75. The second kappa shape index (κ2) is 4.66. The minimum Gasteiger partial charge on any atom is -0.495 e. The lowest BCUT2D eigenvalue weighted by Crippen LogP contribution is -2.03. The van der Waals surface area contributed by atoms with Crippen molar-refractivity contribution >= 4 is 17.6 Å². The number of aromatic carboxylic acids is 1. The summed E-state index contributed by atoms with van der Waals surface area (Å²) in [7, 11) is 1.50. The van der Waals surface area contributed by atoms with Crippen molar-refractivity contribution in [3.05, 3.63) is 34.6 Å². The number of methoxy groups -OCH3 is 1. The van der Waals surface area contributed by atoms with Crippen molar-refractivity contribution in [2.45, 2.75) is 6.92 Å². The first-order valence-corrected chi connectivity index (χ1v) is 5.42. The molecule has 0 aliphatic heterocycles. The van der Waals surface area contributed by atoms with Crippen LogP contribution >= 0.6 is 11.6 Å². The van der Waals surface area contributed by atoms with Gasteiger partial charge < -0.3 is 9.84 Å². The molecule has 0 fully saturated rings. The molecular weight excluding hydrogens is 258 g/mol. The standard InChI is InChI=1S/C11H10ClN3O3/c1-6-10(11(16)17)13-14-15(6)7-3-4-8(12)9(5-7)18-2/h3-5H,1-2H3,(H,16,17). The van der Waals surface area contributed by atoms with Crippen molar-refractivity contribution in [3.8, 4) is 11.4 Å². The molecule has 0 spiro atoms. The Bertz CT molecular complexity index is 610. The van der Waals surface area contributed by atoms with Crippen LogP contribution < -0.4 is 4.74 Å². The molecule has 0 radical (unpaired) electrons. The van der Waals surface area contributed by atoms with Crippen molar-refractivity contribution in [1.82, 2.24) is 15.0 Å². The van der Waals surface area contributed by atoms with Gasteiger partial charge in [-0.25, -0.2) is 9.48 Å². The number of carbonyl (C=O) groups is 1. The van der Waals surface area contributed by atoms with Crippen molar-refractivity contribution in [1.29, 1.82) is 0 Å². The second-order valence-electron chi connectivity index (χ2n) is 3.56. The molecule has 2 aromatic rings. The first-order chi connectivity index (χ1) is 8.54. The number of aromatic nitrogens is 3. The van der Waals surface area contributed by atoms with Gasteiger partial charge in [0.2, 0.25) is 0 Å². The lowest BCUT2D eigenvalue weighted by atomic mass is 10.2. The maximum Gasteiger partial charge on any atom is 0.358 e. The fourth-order valence-electron chi connectivity index (χ4n) is 1.55. The number of carboxylic acid groups (broad SMARTS) is 1. The monoisotopic (exact) mass is 267 g/mol. The van der Waals surface area contributed by atoms with Crippen molar-refractivity contribution in [2.75, 3.05) is 7.11 Å². The van der Waals surface area contributed by atoms with E-state index in [4.69, 9.17) is 21.4 Å². The molecule has 0 atom stereocenters. The number of hydrogen-bond donors (Lipinski definition) is 1. The lowest BCUT2D eigenvalue weighted by Gasteiger charge is -2.07. The van der Waals surface area contributed by atoms with E-state index in [1.54, 1.807) is 25.1 Å². The topological polar surface area (TPSA) is 77.2 Å².